The van der Waals surface area contributed by atoms with Crippen LogP contribution in [0.25, 0.3) is 11.3 Å². The number of imidazole rings is 1. The molecule has 12 heteroatoms. The van der Waals surface area contributed by atoms with Crippen molar-refractivity contribution in [3.8, 4) is 11.3 Å². The number of aromatic nitrogens is 2. The summed E-state index contributed by atoms with van der Waals surface area (Å²) in [5, 5.41) is 13.3. The monoisotopic (exact) mass is 659 g/mol. The van der Waals surface area contributed by atoms with Gasteiger partial charge in [0.25, 0.3) is 11.8 Å². The van der Waals surface area contributed by atoms with Gasteiger partial charge < -0.3 is 19.9 Å². The number of nitrogens with zero attached hydrogens (tertiary/aromatic N) is 4. The fourth-order valence-electron chi connectivity index (χ4n) is 5.39. The summed E-state index contributed by atoms with van der Waals surface area (Å²) >= 11 is 0. The third-order valence-corrected chi connectivity index (χ3v) is 7.64. The molecule has 1 unspecified atom stereocenters. The van der Waals surface area contributed by atoms with Crippen molar-refractivity contribution in [2.24, 2.45) is 5.41 Å². The Morgan fingerprint density at radius 3 is 2.32 bits per heavy atom. The standard InChI is InChI=1S/C34H45F2N5O4.CH3F/c1-6-24(2)21-39-22-28(26-20-25(35)12-13-27(26)36)38-33(39)32(34(3,4)5)41(31(45)23-42)19-11-17-37-16-9-7-8-10-18-40-29(43)14-15-30(40)44;1-2/h6,12-15,20,22,32,37,42H,1-2,7-11,16-19,21,23H2,3-5H3;1H3. The van der Waals surface area contributed by atoms with Gasteiger partial charge in [-0.15, -0.1) is 0 Å². The number of benzene rings is 1. The molecule has 1 aliphatic rings. The summed E-state index contributed by atoms with van der Waals surface area (Å²) in [6.45, 7) is 15.4. The number of nitrogens with one attached hydrogen (secondary N) is 1. The second-order valence-corrected chi connectivity index (χ2v) is 12.3. The van der Waals surface area contributed by atoms with E-state index in [2.05, 4.69) is 18.5 Å². The Balaban J connectivity index is 0.00000376. The van der Waals surface area contributed by atoms with Crippen LogP contribution in [0.4, 0.5) is 13.2 Å². The Morgan fingerprint density at radius 1 is 1.06 bits per heavy atom. The molecule has 9 nitrogen and oxygen atoms in total. The number of halogens is 3. The molecule has 3 amide bonds. The van der Waals surface area contributed by atoms with Crippen molar-refractivity contribution in [1.82, 2.24) is 24.7 Å². The van der Waals surface area contributed by atoms with Crippen LogP contribution >= 0.6 is 0 Å². The highest BCUT2D eigenvalue weighted by atomic mass is 19.1. The van der Waals surface area contributed by atoms with Crippen LogP contribution in [-0.4, -0.2) is 82.1 Å². The van der Waals surface area contributed by atoms with Gasteiger partial charge in [0.1, 0.15) is 24.1 Å². The molecule has 0 saturated carbocycles. The number of carbonyl (C=O) groups excluding carboxylic acids is 3. The number of unbranched alkanes of at least 4 members (excludes halogenated alkanes) is 3. The van der Waals surface area contributed by atoms with Gasteiger partial charge in [-0.3, -0.25) is 23.7 Å². The molecule has 2 N–H and O–H groups in total. The van der Waals surface area contributed by atoms with Crippen LogP contribution in [0.2, 0.25) is 0 Å². The van der Waals surface area contributed by atoms with Crippen molar-refractivity contribution >= 4 is 17.7 Å². The van der Waals surface area contributed by atoms with Crippen molar-refractivity contribution in [3.63, 3.8) is 0 Å². The first-order chi connectivity index (χ1) is 22.4. The molecule has 1 atom stereocenters. The third-order valence-electron chi connectivity index (χ3n) is 7.64. The predicted molar refractivity (Wildman–Crippen MR) is 177 cm³/mol. The van der Waals surface area contributed by atoms with Gasteiger partial charge in [0.2, 0.25) is 5.91 Å². The molecule has 47 heavy (non-hydrogen) atoms. The van der Waals surface area contributed by atoms with Crippen LogP contribution in [0, 0.1) is 17.0 Å². The van der Waals surface area contributed by atoms with E-state index in [9.17, 15) is 32.7 Å². The van der Waals surface area contributed by atoms with E-state index >= 15 is 0 Å². The average Bonchev–Trinajstić information content (AvgIpc) is 3.59. The number of carbonyl (C=O) groups is 3. The van der Waals surface area contributed by atoms with Crippen molar-refractivity contribution in [2.75, 3.05) is 40.0 Å². The largest absolute Gasteiger partial charge is 0.387 e. The van der Waals surface area contributed by atoms with Crippen LogP contribution in [0.15, 0.2) is 61.4 Å². The van der Waals surface area contributed by atoms with E-state index in [1.54, 1.807) is 21.7 Å². The van der Waals surface area contributed by atoms with E-state index in [0.717, 1.165) is 50.4 Å². The number of amides is 3. The van der Waals surface area contributed by atoms with Gasteiger partial charge in [-0.25, -0.2) is 13.8 Å². The summed E-state index contributed by atoms with van der Waals surface area (Å²) in [5.74, 6) is -1.72. The maximum absolute atomic E-state index is 14.8. The van der Waals surface area contributed by atoms with E-state index in [0.29, 0.717) is 44.6 Å². The smallest absolute Gasteiger partial charge is 0.253 e. The summed E-state index contributed by atoms with van der Waals surface area (Å²) in [4.78, 5) is 44.0. The summed E-state index contributed by atoms with van der Waals surface area (Å²) in [6.07, 6.45) is 9.96. The zero-order valence-corrected chi connectivity index (χ0v) is 27.9. The summed E-state index contributed by atoms with van der Waals surface area (Å²) in [7, 11) is 0.500. The molecular weight excluding hydrogens is 611 g/mol. The molecule has 0 aliphatic carbocycles. The molecule has 3 rings (SSSR count). The summed E-state index contributed by atoms with van der Waals surface area (Å²) < 4.78 is 40.1. The topological polar surface area (TPSA) is 108 Å². The highest BCUT2D eigenvalue weighted by Gasteiger charge is 2.38. The van der Waals surface area contributed by atoms with Gasteiger partial charge in [-0.2, -0.15) is 0 Å². The molecule has 2 aromatic rings. The number of aliphatic hydroxyl groups excluding tert-OH is 1. The second-order valence-electron chi connectivity index (χ2n) is 12.3. The number of imide groups is 1. The van der Waals surface area contributed by atoms with Crippen LogP contribution in [-0.2, 0) is 20.9 Å². The Morgan fingerprint density at radius 2 is 1.70 bits per heavy atom. The minimum absolute atomic E-state index is 0.00569. The maximum atomic E-state index is 14.8. The molecular formula is C35H48F3N5O4. The minimum atomic E-state index is -0.684. The van der Waals surface area contributed by atoms with E-state index in [-0.39, 0.29) is 29.6 Å². The van der Waals surface area contributed by atoms with Crippen molar-refractivity contribution in [3.05, 3.63) is 78.8 Å². The first kappa shape index (κ1) is 39.1. The lowest BCUT2D eigenvalue weighted by molar-refractivity contribution is -0.140. The number of aliphatic hydroxyl groups is 1. The van der Waals surface area contributed by atoms with Gasteiger partial charge in [0.15, 0.2) is 0 Å². The SMILES string of the molecule is C=CC(=C)Cn1cc(-c2cc(F)ccc2F)nc1C(N(CCCNCCCCCCN1C(=O)C=CC1=O)C(=O)CO)C(C)(C)C.CF. The Bertz CT molecular complexity index is 1400. The fraction of sp³-hybridized carbons (Fsp3) is 0.486. The number of allylic oxidation sites excluding steroid dienone is 2. The van der Waals surface area contributed by atoms with Crippen LogP contribution < -0.4 is 5.32 Å². The van der Waals surface area contributed by atoms with Crippen molar-refractivity contribution in [2.45, 2.75) is 65.5 Å². The lowest BCUT2D eigenvalue weighted by Crippen LogP contribution is -2.44. The lowest BCUT2D eigenvalue weighted by Gasteiger charge is -2.40. The molecule has 0 radical (unpaired) electrons. The number of hydrogen-bond donors (Lipinski definition) is 2. The van der Waals surface area contributed by atoms with Gasteiger partial charge >= 0.3 is 0 Å². The summed E-state index contributed by atoms with van der Waals surface area (Å²) in [6, 6.07) is 2.59. The van der Waals surface area contributed by atoms with Crippen LogP contribution in [0.1, 0.15) is 64.7 Å². The van der Waals surface area contributed by atoms with Crippen molar-refractivity contribution < 1.29 is 32.7 Å². The van der Waals surface area contributed by atoms with E-state index < -0.39 is 35.6 Å². The quantitative estimate of drug-likeness (QED) is 0.124. The molecule has 0 spiro atoms. The Kier molecular flexibility index (Phi) is 15.8. The van der Waals surface area contributed by atoms with Gasteiger partial charge in [0.05, 0.1) is 18.9 Å². The second kappa shape index (κ2) is 19.0. The van der Waals surface area contributed by atoms with Crippen molar-refractivity contribution in [1.29, 1.82) is 0 Å². The Labute approximate surface area is 275 Å². The molecule has 2 heterocycles. The van der Waals surface area contributed by atoms with Gasteiger partial charge in [0, 0.05) is 43.5 Å². The molecule has 0 saturated heterocycles. The van der Waals surface area contributed by atoms with Crippen LogP contribution in [0.5, 0.6) is 0 Å². The van der Waals surface area contributed by atoms with E-state index in [1.807, 2.05) is 20.8 Å². The molecule has 0 fully saturated rings. The van der Waals surface area contributed by atoms with E-state index in [1.165, 1.54) is 17.1 Å². The highest BCUT2D eigenvalue weighted by molar-refractivity contribution is 6.12. The molecule has 258 valence electrons. The zero-order valence-electron chi connectivity index (χ0n) is 27.9. The van der Waals surface area contributed by atoms with E-state index in [4.69, 9.17) is 4.98 Å². The Hall–Kier alpha value is -4.03. The average molecular weight is 660 g/mol. The number of hydrogen-bond acceptors (Lipinski definition) is 6. The number of rotatable bonds is 18. The van der Waals surface area contributed by atoms with Gasteiger partial charge in [-0.1, -0.05) is 52.8 Å². The highest BCUT2D eigenvalue weighted by Crippen LogP contribution is 2.39. The third kappa shape index (κ3) is 11.3. The minimum Gasteiger partial charge on any atom is -0.387 e. The number of alkyl halides is 1. The molecule has 0 bridgehead atoms. The van der Waals surface area contributed by atoms with Crippen LogP contribution in [0.3, 0.4) is 0 Å². The maximum Gasteiger partial charge on any atom is 0.253 e. The molecule has 1 aromatic carbocycles. The summed E-state index contributed by atoms with van der Waals surface area (Å²) in [5.41, 5.74) is 0.356. The van der Waals surface area contributed by atoms with Gasteiger partial charge in [-0.05, 0) is 61.5 Å². The normalized spacial score (nSPS) is 13.4. The first-order valence-corrected chi connectivity index (χ1v) is 15.7. The molecule has 1 aromatic heterocycles. The predicted octanol–water partition coefficient (Wildman–Crippen LogP) is 5.53. The zero-order chi connectivity index (χ0) is 35.1. The first-order valence-electron chi connectivity index (χ1n) is 15.7. The fourth-order valence-corrected chi connectivity index (χ4v) is 5.39. The molecule has 1 aliphatic heterocycles. The lowest BCUT2D eigenvalue weighted by atomic mass is 9.84.